The van der Waals surface area contributed by atoms with E-state index in [1.165, 1.54) is 17.7 Å². The number of hydrogen-bond donors (Lipinski definition) is 1. The second-order valence-corrected chi connectivity index (χ2v) is 7.02. The van der Waals surface area contributed by atoms with E-state index in [0.29, 0.717) is 0 Å². The Morgan fingerprint density at radius 2 is 1.92 bits per heavy atom. The maximum atomic E-state index is 12.6. The van der Waals surface area contributed by atoms with E-state index in [-0.39, 0.29) is 11.7 Å². The molecule has 0 atom stereocenters. The van der Waals surface area contributed by atoms with Crippen molar-refractivity contribution in [1.82, 2.24) is 9.97 Å². The van der Waals surface area contributed by atoms with Crippen LogP contribution in [0.2, 0.25) is 0 Å². The summed E-state index contributed by atoms with van der Waals surface area (Å²) < 4.78 is 0. The molecule has 122 valence electrons. The second kappa shape index (κ2) is 6.20. The number of aromatic nitrogens is 2. The molecular weight excluding hydrogens is 320 g/mol. The monoisotopic (exact) mass is 338 g/mol. The smallest absolute Gasteiger partial charge is 0.293 e. The number of fused-ring (bicyclic) bond motifs is 1. The number of thiophene rings is 1. The highest BCUT2D eigenvalue weighted by Gasteiger charge is 2.22. The molecule has 1 saturated heterocycles. The number of amides is 1. The van der Waals surface area contributed by atoms with Crippen LogP contribution >= 0.6 is 11.3 Å². The molecule has 0 aliphatic carbocycles. The number of anilines is 2. The van der Waals surface area contributed by atoms with Crippen LogP contribution in [0.15, 0.2) is 35.7 Å². The Hall–Kier alpha value is -2.47. The van der Waals surface area contributed by atoms with Crippen LogP contribution in [0.1, 0.15) is 28.3 Å². The number of carbonyl (C=O) groups is 1. The molecule has 0 bridgehead atoms. The van der Waals surface area contributed by atoms with Crippen LogP contribution in [0, 0.1) is 6.92 Å². The summed E-state index contributed by atoms with van der Waals surface area (Å²) in [5.41, 5.74) is 1.60. The first-order valence-corrected chi connectivity index (χ1v) is 8.97. The fourth-order valence-corrected chi connectivity index (χ4v) is 3.83. The van der Waals surface area contributed by atoms with Gasteiger partial charge in [-0.2, -0.15) is 0 Å². The van der Waals surface area contributed by atoms with E-state index >= 15 is 0 Å². The third-order valence-electron chi connectivity index (χ3n) is 4.26. The van der Waals surface area contributed by atoms with Crippen molar-refractivity contribution >= 4 is 39.7 Å². The Labute approximate surface area is 144 Å². The SMILES string of the molecule is Cc1scc2nc(C(=O)Nc3ccccc3)nc(N3CCCC3)c12. The fourth-order valence-electron chi connectivity index (χ4n) is 3.06. The van der Waals surface area contributed by atoms with Crippen molar-refractivity contribution < 1.29 is 4.79 Å². The molecule has 3 heterocycles. The van der Waals surface area contributed by atoms with E-state index in [2.05, 4.69) is 27.1 Å². The maximum absolute atomic E-state index is 12.6. The lowest BCUT2D eigenvalue weighted by atomic mass is 10.2. The molecule has 4 rings (SSSR count). The minimum atomic E-state index is -0.271. The molecule has 0 unspecified atom stereocenters. The number of benzene rings is 1. The van der Waals surface area contributed by atoms with Crippen molar-refractivity contribution in [1.29, 1.82) is 0 Å². The lowest BCUT2D eigenvalue weighted by Gasteiger charge is -2.18. The average Bonchev–Trinajstić information content (AvgIpc) is 3.25. The van der Waals surface area contributed by atoms with Gasteiger partial charge in [-0.3, -0.25) is 4.79 Å². The van der Waals surface area contributed by atoms with Crippen molar-refractivity contribution in [3.63, 3.8) is 0 Å². The zero-order valence-corrected chi connectivity index (χ0v) is 14.3. The summed E-state index contributed by atoms with van der Waals surface area (Å²) in [4.78, 5) is 25.1. The first kappa shape index (κ1) is 15.1. The Kier molecular flexibility index (Phi) is 3.90. The largest absolute Gasteiger partial charge is 0.356 e. The zero-order valence-electron chi connectivity index (χ0n) is 13.5. The van der Waals surface area contributed by atoms with E-state index in [1.54, 1.807) is 11.3 Å². The van der Waals surface area contributed by atoms with Gasteiger partial charge >= 0.3 is 0 Å². The molecule has 1 aromatic carbocycles. The van der Waals surface area contributed by atoms with Gasteiger partial charge in [0.1, 0.15) is 5.82 Å². The van der Waals surface area contributed by atoms with Gasteiger partial charge in [0.2, 0.25) is 5.82 Å². The van der Waals surface area contributed by atoms with Crippen LogP contribution in [-0.4, -0.2) is 29.0 Å². The van der Waals surface area contributed by atoms with Crippen LogP contribution in [0.25, 0.3) is 10.9 Å². The zero-order chi connectivity index (χ0) is 16.5. The van der Waals surface area contributed by atoms with Gasteiger partial charge in [-0.25, -0.2) is 9.97 Å². The van der Waals surface area contributed by atoms with Gasteiger partial charge in [0.05, 0.1) is 10.9 Å². The van der Waals surface area contributed by atoms with Crippen LogP contribution < -0.4 is 10.2 Å². The van der Waals surface area contributed by atoms with Crippen LogP contribution in [0.3, 0.4) is 0 Å². The van der Waals surface area contributed by atoms with E-state index in [4.69, 9.17) is 0 Å². The highest BCUT2D eigenvalue weighted by atomic mass is 32.1. The van der Waals surface area contributed by atoms with Crippen molar-refractivity contribution in [3.05, 3.63) is 46.4 Å². The average molecular weight is 338 g/mol. The van der Waals surface area contributed by atoms with Gasteiger partial charge in [0.15, 0.2) is 0 Å². The third kappa shape index (κ3) is 2.73. The summed E-state index contributed by atoms with van der Waals surface area (Å²) in [5, 5.41) is 5.96. The van der Waals surface area contributed by atoms with Crippen LogP contribution in [-0.2, 0) is 0 Å². The van der Waals surface area contributed by atoms with Gasteiger partial charge in [-0.05, 0) is 31.9 Å². The number of nitrogens with zero attached hydrogens (tertiary/aromatic N) is 3. The molecule has 5 nitrogen and oxygen atoms in total. The lowest BCUT2D eigenvalue weighted by Crippen LogP contribution is -2.22. The molecule has 1 aliphatic heterocycles. The minimum absolute atomic E-state index is 0.228. The molecule has 1 aliphatic rings. The molecule has 2 aromatic heterocycles. The van der Waals surface area contributed by atoms with Gasteiger partial charge in [-0.15, -0.1) is 11.3 Å². The summed E-state index contributed by atoms with van der Waals surface area (Å²) in [6.45, 7) is 4.06. The minimum Gasteiger partial charge on any atom is -0.356 e. The molecule has 0 spiro atoms. The molecule has 0 radical (unpaired) electrons. The van der Waals surface area contributed by atoms with Gasteiger partial charge in [0.25, 0.3) is 5.91 Å². The van der Waals surface area contributed by atoms with E-state index in [9.17, 15) is 4.79 Å². The highest BCUT2D eigenvalue weighted by molar-refractivity contribution is 7.11. The predicted molar refractivity (Wildman–Crippen MR) is 98.0 cm³/mol. The summed E-state index contributed by atoms with van der Waals surface area (Å²) in [5.74, 6) is 0.855. The lowest BCUT2D eigenvalue weighted by molar-refractivity contribution is 0.101. The standard InChI is InChI=1S/C18H18N4OS/c1-12-15-14(11-24-12)20-16(21-17(15)22-9-5-6-10-22)18(23)19-13-7-3-2-4-8-13/h2-4,7-8,11H,5-6,9-10H2,1H3,(H,19,23). The van der Waals surface area contributed by atoms with E-state index in [0.717, 1.165) is 35.5 Å². The Balaban J connectivity index is 1.74. The molecule has 1 N–H and O–H groups in total. The highest BCUT2D eigenvalue weighted by Crippen LogP contribution is 2.33. The molecule has 24 heavy (non-hydrogen) atoms. The van der Waals surface area contributed by atoms with Crippen LogP contribution in [0.4, 0.5) is 11.5 Å². The molecule has 6 heteroatoms. The summed E-state index contributed by atoms with van der Waals surface area (Å²) in [7, 11) is 0. The number of rotatable bonds is 3. The van der Waals surface area contributed by atoms with Gasteiger partial charge < -0.3 is 10.2 Å². The van der Waals surface area contributed by atoms with E-state index < -0.39 is 0 Å². The van der Waals surface area contributed by atoms with Gasteiger partial charge in [-0.1, -0.05) is 18.2 Å². The maximum Gasteiger partial charge on any atom is 0.293 e. The predicted octanol–water partition coefficient (Wildman–Crippen LogP) is 3.85. The third-order valence-corrected chi connectivity index (χ3v) is 5.16. The van der Waals surface area contributed by atoms with E-state index in [1.807, 2.05) is 35.7 Å². The van der Waals surface area contributed by atoms with Crippen molar-refractivity contribution in [2.45, 2.75) is 19.8 Å². The van der Waals surface area contributed by atoms with Gasteiger partial charge in [0, 0.05) is 29.0 Å². The Morgan fingerprint density at radius 1 is 1.17 bits per heavy atom. The first-order valence-electron chi connectivity index (χ1n) is 8.09. The topological polar surface area (TPSA) is 58.1 Å². The van der Waals surface area contributed by atoms with Crippen molar-refractivity contribution in [3.8, 4) is 0 Å². The molecule has 1 amide bonds. The number of carbonyl (C=O) groups excluding carboxylic acids is 1. The normalized spacial score (nSPS) is 14.3. The number of aryl methyl sites for hydroxylation is 1. The van der Waals surface area contributed by atoms with Crippen molar-refractivity contribution in [2.24, 2.45) is 0 Å². The number of nitrogens with one attached hydrogen (secondary N) is 1. The second-order valence-electron chi connectivity index (χ2n) is 5.94. The van der Waals surface area contributed by atoms with Crippen molar-refractivity contribution in [2.75, 3.05) is 23.3 Å². The number of para-hydroxylation sites is 1. The summed E-state index contributed by atoms with van der Waals surface area (Å²) in [6, 6.07) is 9.39. The molecular formula is C18H18N4OS. The molecule has 3 aromatic rings. The fraction of sp³-hybridized carbons (Fsp3) is 0.278. The first-order chi connectivity index (χ1) is 11.7. The number of hydrogen-bond acceptors (Lipinski definition) is 5. The Bertz CT molecular complexity index is 885. The summed E-state index contributed by atoms with van der Waals surface area (Å²) in [6.07, 6.45) is 2.33. The summed E-state index contributed by atoms with van der Waals surface area (Å²) >= 11 is 1.65. The van der Waals surface area contributed by atoms with Crippen LogP contribution in [0.5, 0.6) is 0 Å². The molecule has 0 saturated carbocycles. The Morgan fingerprint density at radius 3 is 2.67 bits per heavy atom. The molecule has 1 fully saturated rings. The quantitative estimate of drug-likeness (QED) is 0.788.